The van der Waals surface area contributed by atoms with E-state index < -0.39 is 6.04 Å². The second kappa shape index (κ2) is 10.8. The first-order valence-corrected chi connectivity index (χ1v) is 12.7. The van der Waals surface area contributed by atoms with Crippen LogP contribution in [0.1, 0.15) is 71.4 Å². The molecule has 7 heteroatoms. The van der Waals surface area contributed by atoms with Crippen molar-refractivity contribution in [2.45, 2.75) is 78.0 Å². The van der Waals surface area contributed by atoms with Gasteiger partial charge in [0.1, 0.15) is 6.10 Å². The Morgan fingerprint density at radius 3 is 2.53 bits per heavy atom. The molecule has 1 saturated carbocycles. The van der Waals surface area contributed by atoms with Crippen LogP contribution in [0.5, 0.6) is 11.5 Å². The van der Waals surface area contributed by atoms with Crippen molar-refractivity contribution < 1.29 is 28.5 Å². The van der Waals surface area contributed by atoms with Crippen LogP contribution >= 0.6 is 0 Å². The third kappa shape index (κ3) is 4.81. The Balaban J connectivity index is 1.70. The van der Waals surface area contributed by atoms with E-state index in [1.54, 1.807) is 4.90 Å². The molecule has 34 heavy (non-hydrogen) atoms. The molecule has 0 spiro atoms. The fraction of sp³-hybridized carbons (Fsp3) is 0.630. The summed E-state index contributed by atoms with van der Waals surface area (Å²) in [6.07, 6.45) is 4.31. The number of Topliss-reactive ketones (excluding diaryl/α,β-unsaturated/α-hetero) is 1. The summed E-state index contributed by atoms with van der Waals surface area (Å²) in [4.78, 5) is 29.0. The minimum Gasteiger partial charge on any atom is -0.490 e. The van der Waals surface area contributed by atoms with Crippen molar-refractivity contribution in [3.05, 3.63) is 35.1 Å². The zero-order valence-electron chi connectivity index (χ0n) is 20.8. The first-order chi connectivity index (χ1) is 16.5. The first-order valence-electron chi connectivity index (χ1n) is 12.7. The number of benzene rings is 1. The molecule has 186 valence electrons. The molecule has 3 aliphatic rings. The highest BCUT2D eigenvalue weighted by Crippen LogP contribution is 2.47. The molecule has 2 heterocycles. The maximum absolute atomic E-state index is 13.7. The predicted molar refractivity (Wildman–Crippen MR) is 128 cm³/mol. The number of ether oxygens (including phenoxy) is 4. The summed E-state index contributed by atoms with van der Waals surface area (Å²) in [7, 11) is 0. The molecule has 1 aliphatic carbocycles. The summed E-state index contributed by atoms with van der Waals surface area (Å²) in [5.41, 5.74) is 1.34. The summed E-state index contributed by atoms with van der Waals surface area (Å²) in [6, 6.07) is 5.20. The highest BCUT2D eigenvalue weighted by molar-refractivity contribution is 6.11. The minimum absolute atomic E-state index is 0.0667. The van der Waals surface area contributed by atoms with E-state index in [-0.39, 0.29) is 35.6 Å². The number of hydrogen-bond donors (Lipinski definition) is 0. The van der Waals surface area contributed by atoms with Gasteiger partial charge in [-0.15, -0.1) is 0 Å². The number of hydrogen-bond acceptors (Lipinski definition) is 6. The van der Waals surface area contributed by atoms with E-state index >= 15 is 0 Å². The lowest BCUT2D eigenvalue weighted by Crippen LogP contribution is -2.39. The molecule has 1 fully saturated rings. The van der Waals surface area contributed by atoms with Crippen molar-refractivity contribution in [2.75, 3.05) is 26.4 Å². The molecule has 0 aromatic heterocycles. The third-order valence-corrected chi connectivity index (χ3v) is 6.74. The zero-order chi connectivity index (χ0) is 24.2. The molecule has 0 saturated heterocycles. The van der Waals surface area contributed by atoms with Crippen LogP contribution in [0.4, 0.5) is 0 Å². The molecule has 1 aromatic carbocycles. The highest BCUT2D eigenvalue weighted by atomic mass is 16.5. The molecule has 7 nitrogen and oxygen atoms in total. The van der Waals surface area contributed by atoms with Gasteiger partial charge in [0.25, 0.3) is 5.91 Å². The Hall–Kier alpha value is -2.54. The van der Waals surface area contributed by atoms with Crippen LogP contribution in [-0.4, -0.2) is 55.2 Å². The van der Waals surface area contributed by atoms with Gasteiger partial charge in [0.2, 0.25) is 0 Å². The van der Waals surface area contributed by atoms with Gasteiger partial charge in [-0.1, -0.05) is 12.5 Å². The van der Waals surface area contributed by atoms with E-state index in [0.29, 0.717) is 49.9 Å². The molecule has 0 N–H and O–H groups in total. The van der Waals surface area contributed by atoms with Gasteiger partial charge in [0, 0.05) is 13.2 Å². The maximum atomic E-state index is 13.7. The molecule has 1 aromatic rings. The quantitative estimate of drug-likeness (QED) is 0.465. The van der Waals surface area contributed by atoms with E-state index in [1.165, 1.54) is 0 Å². The van der Waals surface area contributed by atoms with Crippen LogP contribution in [-0.2, 0) is 19.1 Å². The van der Waals surface area contributed by atoms with Crippen LogP contribution in [0, 0.1) is 5.92 Å². The molecule has 0 radical (unpaired) electrons. The molecular weight excluding hydrogens is 434 g/mol. The Labute approximate surface area is 202 Å². The summed E-state index contributed by atoms with van der Waals surface area (Å²) in [5, 5.41) is 0. The molecule has 0 bridgehead atoms. The number of rotatable bonds is 10. The fourth-order valence-electron chi connectivity index (χ4n) is 5.26. The van der Waals surface area contributed by atoms with Crippen LogP contribution in [0.2, 0.25) is 0 Å². The smallest absolute Gasteiger partial charge is 0.290 e. The lowest BCUT2D eigenvalue weighted by molar-refractivity contribution is -0.135. The van der Waals surface area contributed by atoms with Crippen molar-refractivity contribution >= 4 is 11.7 Å². The predicted octanol–water partition coefficient (Wildman–Crippen LogP) is 4.59. The number of carbonyl (C=O) groups excluding carboxylic acids is 2. The van der Waals surface area contributed by atoms with E-state index in [0.717, 1.165) is 31.2 Å². The van der Waals surface area contributed by atoms with Crippen LogP contribution < -0.4 is 9.47 Å². The number of nitrogens with zero attached hydrogens (tertiary/aromatic N) is 1. The van der Waals surface area contributed by atoms with Crippen LogP contribution in [0.25, 0.3) is 0 Å². The molecule has 1 amide bonds. The van der Waals surface area contributed by atoms with Gasteiger partial charge in [-0.2, -0.15) is 0 Å². The van der Waals surface area contributed by atoms with Gasteiger partial charge >= 0.3 is 0 Å². The fourth-order valence-corrected chi connectivity index (χ4v) is 5.26. The second-order valence-electron chi connectivity index (χ2n) is 9.40. The molecular formula is C27H37NO6. The van der Waals surface area contributed by atoms with E-state index in [2.05, 4.69) is 0 Å². The number of ketones is 1. The van der Waals surface area contributed by atoms with Crippen molar-refractivity contribution in [3.63, 3.8) is 0 Å². The minimum atomic E-state index is -0.494. The monoisotopic (exact) mass is 471 g/mol. The molecule has 2 aliphatic heterocycles. The Morgan fingerprint density at radius 1 is 1.06 bits per heavy atom. The van der Waals surface area contributed by atoms with E-state index in [9.17, 15) is 9.59 Å². The summed E-state index contributed by atoms with van der Waals surface area (Å²) in [5.74, 6) is 1.22. The van der Waals surface area contributed by atoms with E-state index in [4.69, 9.17) is 18.9 Å². The topological polar surface area (TPSA) is 74.3 Å². The third-order valence-electron chi connectivity index (χ3n) is 6.74. The lowest BCUT2D eigenvalue weighted by atomic mass is 9.77. The van der Waals surface area contributed by atoms with Gasteiger partial charge in [0.15, 0.2) is 23.0 Å². The summed E-state index contributed by atoms with van der Waals surface area (Å²) < 4.78 is 23.5. The van der Waals surface area contributed by atoms with Crippen LogP contribution in [0.15, 0.2) is 29.5 Å². The SMILES string of the molecule is CCOc1ccc(C2C3=C(OC4CCCCC4C3=O)C(=O)N2CCCOC(C)C)cc1OCC. The summed E-state index contributed by atoms with van der Waals surface area (Å²) in [6.45, 7) is 9.87. The number of fused-ring (bicyclic) bond motifs is 1. The van der Waals surface area contributed by atoms with Gasteiger partial charge in [0.05, 0.1) is 36.9 Å². The van der Waals surface area contributed by atoms with Crippen molar-refractivity contribution in [3.8, 4) is 11.5 Å². The van der Waals surface area contributed by atoms with Gasteiger partial charge in [-0.3, -0.25) is 9.59 Å². The number of carbonyl (C=O) groups is 2. The van der Waals surface area contributed by atoms with E-state index in [1.807, 2.05) is 45.9 Å². The largest absolute Gasteiger partial charge is 0.490 e. The Kier molecular flexibility index (Phi) is 7.81. The van der Waals surface area contributed by atoms with Crippen molar-refractivity contribution in [1.82, 2.24) is 4.90 Å². The highest BCUT2D eigenvalue weighted by Gasteiger charge is 2.51. The lowest BCUT2D eigenvalue weighted by Gasteiger charge is -2.35. The van der Waals surface area contributed by atoms with Crippen molar-refractivity contribution in [1.29, 1.82) is 0 Å². The van der Waals surface area contributed by atoms with Gasteiger partial charge in [-0.05, 0) is 71.1 Å². The normalized spacial score (nSPS) is 24.3. The average molecular weight is 472 g/mol. The average Bonchev–Trinajstić information content (AvgIpc) is 3.10. The standard InChI is InChI=1S/C27H37NO6/c1-5-31-21-13-12-18(16-22(21)32-6-2)24-23-25(29)19-10-7-8-11-20(19)34-26(23)27(30)28(24)14-9-15-33-17(3)4/h12-13,16-17,19-20,24H,5-11,14-15H2,1-4H3. The molecule has 3 unspecified atom stereocenters. The number of amides is 1. The van der Waals surface area contributed by atoms with Gasteiger partial charge in [-0.25, -0.2) is 0 Å². The Bertz CT molecular complexity index is 939. The zero-order valence-corrected chi connectivity index (χ0v) is 20.8. The molecule has 4 rings (SSSR count). The Morgan fingerprint density at radius 2 is 1.79 bits per heavy atom. The maximum Gasteiger partial charge on any atom is 0.290 e. The molecule has 3 atom stereocenters. The van der Waals surface area contributed by atoms with Crippen LogP contribution in [0.3, 0.4) is 0 Å². The van der Waals surface area contributed by atoms with Crippen molar-refractivity contribution in [2.24, 2.45) is 5.92 Å². The second-order valence-corrected chi connectivity index (χ2v) is 9.40. The summed E-state index contributed by atoms with van der Waals surface area (Å²) >= 11 is 0. The van der Waals surface area contributed by atoms with Gasteiger partial charge < -0.3 is 23.8 Å². The first kappa shape index (κ1) is 24.6.